The molecule has 0 bridgehead atoms. The van der Waals surface area contributed by atoms with Crippen molar-refractivity contribution >= 4 is 10.9 Å². The van der Waals surface area contributed by atoms with E-state index in [9.17, 15) is 0 Å². The summed E-state index contributed by atoms with van der Waals surface area (Å²) in [5.41, 5.74) is 5.31. The smallest absolute Gasteiger partial charge is 0.0486 e. The van der Waals surface area contributed by atoms with Gasteiger partial charge >= 0.3 is 0 Å². The zero-order valence-electron chi connectivity index (χ0n) is 12.1. The van der Waals surface area contributed by atoms with Crippen molar-refractivity contribution in [3.05, 3.63) is 71.4 Å². The van der Waals surface area contributed by atoms with Gasteiger partial charge < -0.3 is 9.88 Å². The summed E-state index contributed by atoms with van der Waals surface area (Å²) < 4.78 is 2.32. The van der Waals surface area contributed by atoms with Gasteiger partial charge in [-0.05, 0) is 37.2 Å². The van der Waals surface area contributed by atoms with Crippen LogP contribution < -0.4 is 5.32 Å². The minimum atomic E-state index is 0.909. The van der Waals surface area contributed by atoms with E-state index in [1.54, 1.807) is 0 Å². The highest BCUT2D eigenvalue weighted by atomic mass is 15.0. The van der Waals surface area contributed by atoms with E-state index in [2.05, 4.69) is 71.5 Å². The summed E-state index contributed by atoms with van der Waals surface area (Å²) in [5, 5.41) is 4.57. The number of rotatable bonds is 4. The van der Waals surface area contributed by atoms with E-state index < -0.39 is 0 Å². The monoisotopic (exact) mass is 264 g/mol. The minimum Gasteiger partial charge on any atom is -0.343 e. The summed E-state index contributed by atoms with van der Waals surface area (Å²) in [6.45, 7) is 3.96. The molecule has 1 heterocycles. The first-order chi connectivity index (χ1) is 9.78. The second-order valence-electron chi connectivity index (χ2n) is 5.31. The molecule has 1 aromatic heterocycles. The van der Waals surface area contributed by atoms with Crippen LogP contribution in [0.4, 0.5) is 0 Å². The van der Waals surface area contributed by atoms with Crippen LogP contribution in [0.5, 0.6) is 0 Å². The van der Waals surface area contributed by atoms with Gasteiger partial charge in [-0.15, -0.1) is 0 Å². The third kappa shape index (κ3) is 2.47. The molecule has 0 fully saturated rings. The highest BCUT2D eigenvalue weighted by Gasteiger charge is 2.05. The van der Waals surface area contributed by atoms with E-state index >= 15 is 0 Å². The molecule has 1 N–H and O–H groups in total. The van der Waals surface area contributed by atoms with Crippen molar-refractivity contribution in [2.45, 2.75) is 20.0 Å². The molecule has 2 heteroatoms. The second-order valence-corrected chi connectivity index (χ2v) is 5.31. The SMILES string of the molecule is CNCc1cccc2c1ccn2Cc1ccc(C)cc1. The topological polar surface area (TPSA) is 17.0 Å². The molecule has 0 aliphatic heterocycles. The van der Waals surface area contributed by atoms with Gasteiger partial charge in [-0.2, -0.15) is 0 Å². The van der Waals surface area contributed by atoms with Gasteiger partial charge in [0.25, 0.3) is 0 Å². The average Bonchev–Trinajstić information content (AvgIpc) is 2.86. The molecule has 2 aromatic carbocycles. The Morgan fingerprint density at radius 2 is 1.80 bits per heavy atom. The predicted molar refractivity (Wildman–Crippen MR) is 85.0 cm³/mol. The van der Waals surface area contributed by atoms with Gasteiger partial charge in [0.2, 0.25) is 0 Å². The molecule has 0 atom stereocenters. The van der Waals surface area contributed by atoms with E-state index in [0.29, 0.717) is 0 Å². The van der Waals surface area contributed by atoms with Crippen LogP contribution in [0.1, 0.15) is 16.7 Å². The molecular weight excluding hydrogens is 244 g/mol. The lowest BCUT2D eigenvalue weighted by molar-refractivity contribution is 0.821. The standard InChI is InChI=1S/C18H20N2/c1-14-6-8-15(9-7-14)13-20-11-10-17-16(12-19-2)4-3-5-18(17)20/h3-11,19H,12-13H2,1-2H3. The number of benzene rings is 2. The van der Waals surface area contributed by atoms with Crippen molar-refractivity contribution in [3.8, 4) is 0 Å². The van der Waals surface area contributed by atoms with Crippen LogP contribution in [-0.2, 0) is 13.1 Å². The fraction of sp³-hybridized carbons (Fsp3) is 0.222. The summed E-state index contributed by atoms with van der Waals surface area (Å²) in [4.78, 5) is 0. The minimum absolute atomic E-state index is 0.909. The molecule has 0 unspecified atom stereocenters. The molecule has 102 valence electrons. The fourth-order valence-electron chi connectivity index (χ4n) is 2.66. The average molecular weight is 264 g/mol. The Kier molecular flexibility index (Phi) is 3.57. The van der Waals surface area contributed by atoms with Crippen LogP contribution in [0.2, 0.25) is 0 Å². The molecule has 0 aliphatic carbocycles. The van der Waals surface area contributed by atoms with Gasteiger partial charge in [0.15, 0.2) is 0 Å². The Morgan fingerprint density at radius 3 is 2.55 bits per heavy atom. The first-order valence-electron chi connectivity index (χ1n) is 7.05. The van der Waals surface area contributed by atoms with Crippen molar-refractivity contribution in [2.75, 3.05) is 7.05 Å². The molecule has 2 nitrogen and oxygen atoms in total. The first kappa shape index (κ1) is 12.9. The Balaban J connectivity index is 1.96. The van der Waals surface area contributed by atoms with Crippen LogP contribution >= 0.6 is 0 Å². The van der Waals surface area contributed by atoms with Crippen molar-refractivity contribution in [1.29, 1.82) is 0 Å². The Bertz CT molecular complexity index is 708. The summed E-state index contributed by atoms with van der Waals surface area (Å²) in [6, 6.07) is 17.5. The molecule has 20 heavy (non-hydrogen) atoms. The normalized spacial score (nSPS) is 11.1. The first-order valence-corrected chi connectivity index (χ1v) is 7.05. The summed E-state index contributed by atoms with van der Waals surface area (Å²) >= 11 is 0. The maximum atomic E-state index is 3.23. The number of nitrogens with zero attached hydrogens (tertiary/aromatic N) is 1. The zero-order valence-corrected chi connectivity index (χ0v) is 12.1. The number of nitrogens with one attached hydrogen (secondary N) is 1. The fourth-order valence-corrected chi connectivity index (χ4v) is 2.66. The molecule has 0 aliphatic rings. The van der Waals surface area contributed by atoms with Crippen LogP contribution in [0.15, 0.2) is 54.7 Å². The van der Waals surface area contributed by atoms with Gasteiger partial charge in [0.1, 0.15) is 0 Å². The Labute approximate surface area is 120 Å². The van der Waals surface area contributed by atoms with E-state index in [-0.39, 0.29) is 0 Å². The van der Waals surface area contributed by atoms with E-state index in [1.165, 1.54) is 27.6 Å². The maximum Gasteiger partial charge on any atom is 0.0486 e. The highest BCUT2D eigenvalue weighted by molar-refractivity contribution is 5.83. The largest absolute Gasteiger partial charge is 0.343 e. The summed E-state index contributed by atoms with van der Waals surface area (Å²) in [5.74, 6) is 0. The van der Waals surface area contributed by atoms with Crippen LogP contribution in [0.25, 0.3) is 10.9 Å². The number of aryl methyl sites for hydroxylation is 1. The van der Waals surface area contributed by atoms with Crippen LogP contribution in [0.3, 0.4) is 0 Å². The third-order valence-corrected chi connectivity index (χ3v) is 3.74. The Hall–Kier alpha value is -2.06. The summed E-state index contributed by atoms with van der Waals surface area (Å²) in [7, 11) is 1.99. The van der Waals surface area contributed by atoms with E-state index in [0.717, 1.165) is 13.1 Å². The number of aromatic nitrogens is 1. The molecule has 0 saturated carbocycles. The van der Waals surface area contributed by atoms with Gasteiger partial charge in [0, 0.05) is 30.2 Å². The lowest BCUT2D eigenvalue weighted by Gasteiger charge is -2.08. The van der Waals surface area contributed by atoms with Gasteiger partial charge in [-0.3, -0.25) is 0 Å². The maximum absolute atomic E-state index is 3.23. The quantitative estimate of drug-likeness (QED) is 0.760. The molecule has 3 aromatic rings. The van der Waals surface area contributed by atoms with Crippen LogP contribution in [0, 0.1) is 6.92 Å². The van der Waals surface area contributed by atoms with Gasteiger partial charge in [-0.25, -0.2) is 0 Å². The molecule has 0 amide bonds. The predicted octanol–water partition coefficient (Wildman–Crippen LogP) is 3.72. The second kappa shape index (κ2) is 5.51. The van der Waals surface area contributed by atoms with Crippen molar-refractivity contribution in [3.63, 3.8) is 0 Å². The van der Waals surface area contributed by atoms with E-state index in [1.807, 2.05) is 7.05 Å². The lowest BCUT2D eigenvalue weighted by atomic mass is 10.1. The zero-order chi connectivity index (χ0) is 13.9. The van der Waals surface area contributed by atoms with Crippen molar-refractivity contribution in [2.24, 2.45) is 0 Å². The lowest BCUT2D eigenvalue weighted by Crippen LogP contribution is -2.05. The third-order valence-electron chi connectivity index (χ3n) is 3.74. The molecule has 0 saturated heterocycles. The molecular formula is C18H20N2. The summed E-state index contributed by atoms with van der Waals surface area (Å²) in [6.07, 6.45) is 2.18. The van der Waals surface area contributed by atoms with Crippen molar-refractivity contribution < 1.29 is 0 Å². The number of fused-ring (bicyclic) bond motifs is 1. The van der Waals surface area contributed by atoms with E-state index in [4.69, 9.17) is 0 Å². The highest BCUT2D eigenvalue weighted by Crippen LogP contribution is 2.21. The number of hydrogen-bond acceptors (Lipinski definition) is 1. The molecule has 0 radical (unpaired) electrons. The molecule has 0 spiro atoms. The Morgan fingerprint density at radius 1 is 1.00 bits per heavy atom. The van der Waals surface area contributed by atoms with Crippen LogP contribution in [-0.4, -0.2) is 11.6 Å². The van der Waals surface area contributed by atoms with Gasteiger partial charge in [-0.1, -0.05) is 42.0 Å². The van der Waals surface area contributed by atoms with Crippen molar-refractivity contribution in [1.82, 2.24) is 9.88 Å². The number of hydrogen-bond donors (Lipinski definition) is 1. The van der Waals surface area contributed by atoms with Gasteiger partial charge in [0.05, 0.1) is 0 Å². The molecule has 3 rings (SSSR count).